The fourth-order valence-electron chi connectivity index (χ4n) is 3.06. The van der Waals surface area contributed by atoms with Gasteiger partial charge in [0.05, 0.1) is 6.04 Å². The molecule has 0 saturated carbocycles. The van der Waals surface area contributed by atoms with E-state index in [1.54, 1.807) is 6.92 Å². The SMILES string of the molecule is CC(=O)NC1CCN2C(=O)c3ccccc3C2C1. The van der Waals surface area contributed by atoms with Crippen LogP contribution >= 0.6 is 0 Å². The van der Waals surface area contributed by atoms with E-state index in [4.69, 9.17) is 0 Å². The van der Waals surface area contributed by atoms with Gasteiger partial charge in [0.25, 0.3) is 5.91 Å². The van der Waals surface area contributed by atoms with Gasteiger partial charge < -0.3 is 10.2 Å². The Bertz CT molecular complexity index is 512. The van der Waals surface area contributed by atoms with Gasteiger partial charge >= 0.3 is 0 Å². The molecule has 18 heavy (non-hydrogen) atoms. The lowest BCUT2D eigenvalue weighted by Gasteiger charge is -2.35. The highest BCUT2D eigenvalue weighted by atomic mass is 16.2. The minimum absolute atomic E-state index is 0.00561. The first kappa shape index (κ1) is 11.3. The summed E-state index contributed by atoms with van der Waals surface area (Å²) in [5.74, 6) is 0.142. The first-order valence-electron chi connectivity index (χ1n) is 6.34. The molecule has 1 fully saturated rings. The van der Waals surface area contributed by atoms with Crippen molar-refractivity contribution in [1.82, 2.24) is 10.2 Å². The van der Waals surface area contributed by atoms with Crippen LogP contribution < -0.4 is 5.32 Å². The van der Waals surface area contributed by atoms with E-state index in [-0.39, 0.29) is 23.9 Å². The summed E-state index contributed by atoms with van der Waals surface area (Å²) in [5.41, 5.74) is 1.93. The Morgan fingerprint density at radius 1 is 1.39 bits per heavy atom. The lowest BCUT2D eigenvalue weighted by atomic mass is 9.94. The predicted molar refractivity (Wildman–Crippen MR) is 67.1 cm³/mol. The van der Waals surface area contributed by atoms with Gasteiger partial charge in [0.1, 0.15) is 0 Å². The first-order chi connectivity index (χ1) is 8.66. The third-order valence-corrected chi connectivity index (χ3v) is 3.82. The van der Waals surface area contributed by atoms with Crippen molar-refractivity contribution >= 4 is 11.8 Å². The molecular formula is C14H16N2O2. The van der Waals surface area contributed by atoms with E-state index in [2.05, 4.69) is 5.32 Å². The van der Waals surface area contributed by atoms with Gasteiger partial charge in [0.15, 0.2) is 0 Å². The van der Waals surface area contributed by atoms with Gasteiger partial charge in [-0.2, -0.15) is 0 Å². The van der Waals surface area contributed by atoms with Crippen LogP contribution in [0.2, 0.25) is 0 Å². The highest BCUT2D eigenvalue weighted by Gasteiger charge is 2.40. The van der Waals surface area contributed by atoms with Crippen LogP contribution in [0.3, 0.4) is 0 Å². The number of nitrogens with one attached hydrogen (secondary N) is 1. The summed E-state index contributed by atoms with van der Waals surface area (Å²) in [5, 5.41) is 2.96. The number of nitrogens with zero attached hydrogens (tertiary/aromatic N) is 1. The Hall–Kier alpha value is -1.84. The number of piperidine rings is 1. The van der Waals surface area contributed by atoms with Crippen molar-refractivity contribution in [2.75, 3.05) is 6.54 Å². The summed E-state index contributed by atoms with van der Waals surface area (Å²) in [7, 11) is 0. The molecule has 2 heterocycles. The van der Waals surface area contributed by atoms with Gasteiger partial charge in [0, 0.05) is 25.1 Å². The van der Waals surface area contributed by atoms with Crippen molar-refractivity contribution in [3.63, 3.8) is 0 Å². The Kier molecular flexibility index (Phi) is 2.58. The number of hydrogen-bond donors (Lipinski definition) is 1. The van der Waals surface area contributed by atoms with Gasteiger partial charge in [-0.1, -0.05) is 18.2 Å². The monoisotopic (exact) mass is 244 g/mol. The summed E-state index contributed by atoms with van der Waals surface area (Å²) in [6, 6.07) is 8.11. The Balaban J connectivity index is 1.87. The molecule has 2 unspecified atom stereocenters. The van der Waals surface area contributed by atoms with Crippen LogP contribution in [0.15, 0.2) is 24.3 Å². The molecule has 2 atom stereocenters. The summed E-state index contributed by atoms with van der Waals surface area (Å²) < 4.78 is 0. The topological polar surface area (TPSA) is 49.4 Å². The van der Waals surface area contributed by atoms with Crippen LogP contribution in [0, 0.1) is 0 Å². The molecule has 2 aliphatic heterocycles. The van der Waals surface area contributed by atoms with Crippen LogP contribution in [0.1, 0.15) is 41.7 Å². The van der Waals surface area contributed by atoms with E-state index in [1.165, 1.54) is 0 Å². The van der Waals surface area contributed by atoms with Crippen molar-refractivity contribution < 1.29 is 9.59 Å². The second kappa shape index (κ2) is 4.12. The zero-order chi connectivity index (χ0) is 12.7. The number of carbonyl (C=O) groups is 2. The minimum Gasteiger partial charge on any atom is -0.353 e. The molecule has 0 radical (unpaired) electrons. The van der Waals surface area contributed by atoms with Crippen molar-refractivity contribution in [2.45, 2.75) is 31.8 Å². The van der Waals surface area contributed by atoms with Gasteiger partial charge in [-0.3, -0.25) is 9.59 Å². The molecule has 3 rings (SSSR count). The Morgan fingerprint density at radius 2 is 2.17 bits per heavy atom. The zero-order valence-electron chi connectivity index (χ0n) is 10.3. The molecule has 0 aromatic heterocycles. The summed E-state index contributed by atoms with van der Waals surface area (Å²) >= 11 is 0. The summed E-state index contributed by atoms with van der Waals surface area (Å²) in [6.07, 6.45) is 1.66. The lowest BCUT2D eigenvalue weighted by Crippen LogP contribution is -2.44. The van der Waals surface area contributed by atoms with Gasteiger partial charge in [-0.25, -0.2) is 0 Å². The first-order valence-corrected chi connectivity index (χ1v) is 6.34. The van der Waals surface area contributed by atoms with Crippen LogP contribution in [0.25, 0.3) is 0 Å². The second-order valence-electron chi connectivity index (χ2n) is 5.02. The molecule has 4 nitrogen and oxygen atoms in total. The molecule has 1 saturated heterocycles. The molecule has 94 valence electrons. The standard InChI is InChI=1S/C14H16N2O2/c1-9(17)15-10-6-7-16-13(8-10)11-4-2-3-5-12(11)14(16)18/h2-5,10,13H,6-8H2,1H3,(H,15,17). The maximum absolute atomic E-state index is 12.2. The zero-order valence-corrected chi connectivity index (χ0v) is 10.3. The number of amides is 2. The molecule has 1 aromatic rings. The van der Waals surface area contributed by atoms with Gasteiger partial charge in [-0.15, -0.1) is 0 Å². The number of benzene rings is 1. The van der Waals surface area contributed by atoms with E-state index in [0.29, 0.717) is 0 Å². The third kappa shape index (κ3) is 1.68. The molecule has 4 heteroatoms. The van der Waals surface area contributed by atoms with Crippen molar-refractivity contribution in [3.8, 4) is 0 Å². The average Bonchev–Trinajstić information content (AvgIpc) is 2.63. The number of fused-ring (bicyclic) bond motifs is 3. The average molecular weight is 244 g/mol. The van der Waals surface area contributed by atoms with E-state index in [9.17, 15) is 9.59 Å². The highest BCUT2D eigenvalue weighted by Crippen LogP contribution is 2.39. The molecule has 0 aliphatic carbocycles. The number of hydrogen-bond acceptors (Lipinski definition) is 2. The van der Waals surface area contributed by atoms with Gasteiger partial charge in [-0.05, 0) is 24.5 Å². The van der Waals surface area contributed by atoms with E-state index in [1.807, 2.05) is 29.2 Å². The van der Waals surface area contributed by atoms with Crippen LogP contribution in [0.5, 0.6) is 0 Å². The van der Waals surface area contributed by atoms with E-state index < -0.39 is 0 Å². The Morgan fingerprint density at radius 3 is 2.94 bits per heavy atom. The normalized spacial score (nSPS) is 25.6. The predicted octanol–water partition coefficient (Wildman–Crippen LogP) is 1.48. The van der Waals surface area contributed by atoms with Crippen molar-refractivity contribution in [3.05, 3.63) is 35.4 Å². The molecule has 1 N–H and O–H groups in total. The highest BCUT2D eigenvalue weighted by molar-refractivity contribution is 5.99. The third-order valence-electron chi connectivity index (χ3n) is 3.82. The van der Waals surface area contributed by atoms with Gasteiger partial charge in [0.2, 0.25) is 5.91 Å². The number of carbonyl (C=O) groups excluding carboxylic acids is 2. The quantitative estimate of drug-likeness (QED) is 0.813. The van der Waals surface area contributed by atoms with Crippen LogP contribution in [-0.4, -0.2) is 29.3 Å². The molecule has 2 aliphatic rings. The van der Waals surface area contributed by atoms with Crippen molar-refractivity contribution in [2.24, 2.45) is 0 Å². The Labute approximate surface area is 106 Å². The van der Waals surface area contributed by atoms with E-state index >= 15 is 0 Å². The maximum atomic E-state index is 12.2. The summed E-state index contributed by atoms with van der Waals surface area (Å²) in [6.45, 7) is 2.27. The van der Waals surface area contributed by atoms with Crippen LogP contribution in [-0.2, 0) is 4.79 Å². The maximum Gasteiger partial charge on any atom is 0.254 e. The fraction of sp³-hybridized carbons (Fsp3) is 0.429. The van der Waals surface area contributed by atoms with Crippen molar-refractivity contribution in [1.29, 1.82) is 0 Å². The molecular weight excluding hydrogens is 228 g/mol. The number of rotatable bonds is 1. The molecule has 1 aromatic carbocycles. The largest absolute Gasteiger partial charge is 0.353 e. The molecule has 0 spiro atoms. The van der Waals surface area contributed by atoms with E-state index in [0.717, 1.165) is 30.5 Å². The lowest BCUT2D eigenvalue weighted by molar-refractivity contribution is -0.120. The molecule has 2 amide bonds. The second-order valence-corrected chi connectivity index (χ2v) is 5.02. The summed E-state index contributed by atoms with van der Waals surface area (Å²) in [4.78, 5) is 25.3. The van der Waals surface area contributed by atoms with Crippen LogP contribution in [0.4, 0.5) is 0 Å². The fourth-order valence-corrected chi connectivity index (χ4v) is 3.06. The minimum atomic E-state index is 0.00561. The molecule has 0 bridgehead atoms. The smallest absolute Gasteiger partial charge is 0.254 e.